The molecule has 0 amide bonds. The summed E-state index contributed by atoms with van der Waals surface area (Å²) in [7, 11) is 0. The first-order valence-electron chi connectivity index (χ1n) is 6.65. The highest BCUT2D eigenvalue weighted by Crippen LogP contribution is 2.41. The van der Waals surface area contributed by atoms with Crippen LogP contribution in [0.5, 0.6) is 5.75 Å². The second-order valence-electron chi connectivity index (χ2n) is 5.33. The van der Waals surface area contributed by atoms with Crippen molar-refractivity contribution >= 4 is 11.3 Å². The predicted molar refractivity (Wildman–Crippen MR) is 77.8 cm³/mol. The molecule has 0 radical (unpaired) electrons. The molecule has 0 fully saturated rings. The average Bonchev–Trinajstić information content (AvgIpc) is 2.93. The molecule has 1 aromatic heterocycles. The summed E-state index contributed by atoms with van der Waals surface area (Å²) in [4.78, 5) is 1.04. The Balaban J connectivity index is 1.85. The van der Waals surface area contributed by atoms with Gasteiger partial charge in [0.2, 0.25) is 0 Å². The lowest BCUT2D eigenvalue weighted by atomic mass is 9.83. The Labute approximate surface area is 117 Å². The Hall–Kier alpha value is -1.32. The zero-order valence-corrected chi connectivity index (χ0v) is 11.8. The Morgan fingerprint density at radius 1 is 1.32 bits per heavy atom. The fourth-order valence-corrected chi connectivity index (χ4v) is 3.59. The average molecular weight is 274 g/mol. The number of fused-ring (bicyclic) bond motifs is 1. The number of rotatable bonds is 3. The maximum Gasteiger partial charge on any atom is 0.122 e. The van der Waals surface area contributed by atoms with Gasteiger partial charge < -0.3 is 9.84 Å². The van der Waals surface area contributed by atoms with Gasteiger partial charge in [-0.25, -0.2) is 0 Å². The smallest absolute Gasteiger partial charge is 0.122 e. The lowest BCUT2D eigenvalue weighted by molar-refractivity contribution is 0.0388. The lowest BCUT2D eigenvalue weighted by Crippen LogP contribution is -2.26. The van der Waals surface area contributed by atoms with Crippen molar-refractivity contribution in [1.29, 1.82) is 0 Å². The monoisotopic (exact) mass is 274 g/mol. The molecule has 100 valence electrons. The Bertz CT molecular complexity index is 546. The van der Waals surface area contributed by atoms with Gasteiger partial charge in [-0.2, -0.15) is 0 Å². The van der Waals surface area contributed by atoms with Crippen molar-refractivity contribution in [3.8, 4) is 5.75 Å². The van der Waals surface area contributed by atoms with E-state index in [0.29, 0.717) is 5.92 Å². The Morgan fingerprint density at radius 2 is 2.16 bits per heavy atom. The molecule has 2 unspecified atom stereocenters. The van der Waals surface area contributed by atoms with E-state index in [1.807, 2.05) is 42.6 Å². The molecular formula is C16H18O2S. The molecule has 1 aromatic carbocycles. The standard InChI is InChI=1S/C16H18O2S/c1-16(17,15-7-4-10-19-15)11-12-8-9-18-14-6-3-2-5-13(12)14/h2-7,10,12,17H,8-9,11H2,1H3. The first-order chi connectivity index (χ1) is 9.17. The zero-order chi connectivity index (χ0) is 13.3. The molecule has 19 heavy (non-hydrogen) atoms. The van der Waals surface area contributed by atoms with Gasteiger partial charge in [-0.3, -0.25) is 0 Å². The Kier molecular flexibility index (Phi) is 3.33. The third-order valence-corrected chi connectivity index (χ3v) is 4.90. The summed E-state index contributed by atoms with van der Waals surface area (Å²) in [6.45, 7) is 2.65. The molecule has 3 heteroatoms. The molecule has 1 N–H and O–H groups in total. The number of para-hydroxylation sites is 1. The van der Waals surface area contributed by atoms with Gasteiger partial charge in [0.15, 0.2) is 0 Å². The van der Waals surface area contributed by atoms with Crippen LogP contribution in [0.4, 0.5) is 0 Å². The van der Waals surface area contributed by atoms with Crippen LogP contribution in [0, 0.1) is 0 Å². The molecule has 2 nitrogen and oxygen atoms in total. The maximum atomic E-state index is 10.7. The summed E-state index contributed by atoms with van der Waals surface area (Å²) in [5, 5.41) is 12.7. The number of aliphatic hydroxyl groups is 1. The van der Waals surface area contributed by atoms with Crippen molar-refractivity contribution in [2.45, 2.75) is 31.3 Å². The van der Waals surface area contributed by atoms with Crippen molar-refractivity contribution < 1.29 is 9.84 Å². The third kappa shape index (κ3) is 2.53. The second kappa shape index (κ2) is 4.99. The van der Waals surface area contributed by atoms with Crippen LogP contribution in [-0.4, -0.2) is 11.7 Å². The Morgan fingerprint density at radius 3 is 2.95 bits per heavy atom. The van der Waals surface area contributed by atoms with Crippen molar-refractivity contribution in [3.63, 3.8) is 0 Å². The number of thiophene rings is 1. The topological polar surface area (TPSA) is 29.5 Å². The van der Waals surface area contributed by atoms with Gasteiger partial charge >= 0.3 is 0 Å². The van der Waals surface area contributed by atoms with Crippen LogP contribution in [-0.2, 0) is 5.60 Å². The first kappa shape index (κ1) is 12.7. The van der Waals surface area contributed by atoms with Crippen LogP contribution in [0.25, 0.3) is 0 Å². The molecule has 0 spiro atoms. The van der Waals surface area contributed by atoms with E-state index in [1.54, 1.807) is 11.3 Å². The molecule has 1 aliphatic heterocycles. The highest BCUT2D eigenvalue weighted by atomic mass is 32.1. The van der Waals surface area contributed by atoms with Crippen LogP contribution in [0.1, 0.15) is 36.1 Å². The van der Waals surface area contributed by atoms with Gasteiger partial charge in [0.05, 0.1) is 12.2 Å². The van der Waals surface area contributed by atoms with Gasteiger partial charge in [-0.1, -0.05) is 24.3 Å². The molecule has 2 heterocycles. The van der Waals surface area contributed by atoms with E-state index < -0.39 is 5.60 Å². The SMILES string of the molecule is CC(O)(CC1CCOc2ccccc21)c1cccs1. The summed E-state index contributed by atoms with van der Waals surface area (Å²) in [5.41, 5.74) is 0.467. The first-order valence-corrected chi connectivity index (χ1v) is 7.53. The van der Waals surface area contributed by atoms with Gasteiger partial charge in [0.1, 0.15) is 5.75 Å². The molecule has 0 aliphatic carbocycles. The fraction of sp³-hybridized carbons (Fsp3) is 0.375. The van der Waals surface area contributed by atoms with E-state index in [4.69, 9.17) is 4.74 Å². The van der Waals surface area contributed by atoms with Crippen LogP contribution in [0.2, 0.25) is 0 Å². The van der Waals surface area contributed by atoms with Gasteiger partial charge in [0.25, 0.3) is 0 Å². The molecule has 0 saturated heterocycles. The van der Waals surface area contributed by atoms with Crippen molar-refractivity contribution in [1.82, 2.24) is 0 Å². The number of benzene rings is 1. The van der Waals surface area contributed by atoms with Crippen LogP contribution < -0.4 is 4.74 Å². The molecule has 2 aromatic rings. The minimum Gasteiger partial charge on any atom is -0.493 e. The second-order valence-corrected chi connectivity index (χ2v) is 6.27. The molecule has 3 rings (SSSR count). The van der Waals surface area contributed by atoms with E-state index in [0.717, 1.165) is 30.1 Å². The van der Waals surface area contributed by atoms with Crippen molar-refractivity contribution in [2.24, 2.45) is 0 Å². The minimum atomic E-state index is -0.761. The van der Waals surface area contributed by atoms with E-state index in [1.165, 1.54) is 5.56 Å². The van der Waals surface area contributed by atoms with Crippen molar-refractivity contribution in [3.05, 3.63) is 52.2 Å². The number of ether oxygens (including phenoxy) is 1. The minimum absolute atomic E-state index is 0.363. The summed E-state index contributed by atoms with van der Waals surface area (Å²) in [6, 6.07) is 12.2. The van der Waals surface area contributed by atoms with Crippen LogP contribution in [0.3, 0.4) is 0 Å². The fourth-order valence-electron chi connectivity index (χ4n) is 2.79. The van der Waals surface area contributed by atoms with Crippen LogP contribution in [0.15, 0.2) is 41.8 Å². The summed E-state index contributed by atoms with van der Waals surface area (Å²) < 4.78 is 5.68. The summed E-state index contributed by atoms with van der Waals surface area (Å²) in [5.74, 6) is 1.34. The van der Waals surface area contributed by atoms with Crippen LogP contribution >= 0.6 is 11.3 Å². The quantitative estimate of drug-likeness (QED) is 0.919. The molecule has 0 bridgehead atoms. The highest BCUT2D eigenvalue weighted by Gasteiger charge is 2.31. The zero-order valence-electron chi connectivity index (χ0n) is 11.0. The maximum absolute atomic E-state index is 10.7. The van der Waals surface area contributed by atoms with Gasteiger partial charge in [0, 0.05) is 4.88 Å². The summed E-state index contributed by atoms with van der Waals surface area (Å²) in [6.07, 6.45) is 1.71. The van der Waals surface area contributed by atoms with E-state index >= 15 is 0 Å². The van der Waals surface area contributed by atoms with E-state index in [2.05, 4.69) is 6.07 Å². The third-order valence-electron chi connectivity index (χ3n) is 3.78. The largest absolute Gasteiger partial charge is 0.493 e. The molecule has 1 aliphatic rings. The lowest BCUT2D eigenvalue weighted by Gasteiger charge is -2.31. The molecular weight excluding hydrogens is 256 g/mol. The van der Waals surface area contributed by atoms with Gasteiger partial charge in [-0.05, 0) is 48.8 Å². The van der Waals surface area contributed by atoms with Gasteiger partial charge in [-0.15, -0.1) is 11.3 Å². The van der Waals surface area contributed by atoms with E-state index in [9.17, 15) is 5.11 Å². The van der Waals surface area contributed by atoms with E-state index in [-0.39, 0.29) is 0 Å². The van der Waals surface area contributed by atoms with Crippen molar-refractivity contribution in [2.75, 3.05) is 6.61 Å². The number of hydrogen-bond acceptors (Lipinski definition) is 3. The predicted octanol–water partition coefficient (Wildman–Crippen LogP) is 3.91. The summed E-state index contributed by atoms with van der Waals surface area (Å²) >= 11 is 1.62. The molecule has 0 saturated carbocycles. The molecule has 2 atom stereocenters. The highest BCUT2D eigenvalue weighted by molar-refractivity contribution is 7.10. The normalized spacial score (nSPS) is 21.3. The number of hydrogen-bond donors (Lipinski definition) is 1.